The number of thioether (sulfide) groups is 1. The fourth-order valence-corrected chi connectivity index (χ4v) is 4.20. The second-order valence-corrected chi connectivity index (χ2v) is 8.35. The first kappa shape index (κ1) is 21.1. The number of hydrogen-bond donors (Lipinski definition) is 1. The van der Waals surface area contributed by atoms with E-state index in [-0.39, 0.29) is 23.5 Å². The number of hydrogen-bond acceptors (Lipinski definition) is 8. The van der Waals surface area contributed by atoms with Crippen molar-refractivity contribution in [1.29, 1.82) is 0 Å². The van der Waals surface area contributed by atoms with Crippen LogP contribution in [0.25, 0.3) is 10.8 Å². The average Bonchev–Trinajstić information content (AvgIpc) is 3.18. The highest BCUT2D eigenvalue weighted by Crippen LogP contribution is 2.28. The summed E-state index contributed by atoms with van der Waals surface area (Å²) in [5.74, 6) is 0.121. The summed E-state index contributed by atoms with van der Waals surface area (Å²) in [6, 6.07) is 11.7. The lowest BCUT2D eigenvalue weighted by Gasteiger charge is -2.12. The minimum Gasteiger partial charge on any atom is -0.497 e. The molecule has 0 aliphatic carbocycles. The normalized spacial score (nSPS) is 11.8. The number of aromatic nitrogens is 2. The zero-order chi connectivity index (χ0) is 20.8. The monoisotopic (exact) mass is 431 g/mol. The van der Waals surface area contributed by atoms with Crippen molar-refractivity contribution in [1.82, 2.24) is 10.2 Å². The molecule has 152 valence electrons. The smallest absolute Gasteiger partial charge is 0.316 e. The number of nitrogens with one attached hydrogen (secondary N) is 1. The molecule has 7 nitrogen and oxygen atoms in total. The van der Waals surface area contributed by atoms with E-state index in [2.05, 4.69) is 15.5 Å². The number of rotatable bonds is 8. The van der Waals surface area contributed by atoms with Gasteiger partial charge in [-0.1, -0.05) is 47.4 Å². The van der Waals surface area contributed by atoms with Gasteiger partial charge >= 0.3 is 5.97 Å². The van der Waals surface area contributed by atoms with Crippen LogP contribution in [0.4, 0.5) is 5.13 Å². The summed E-state index contributed by atoms with van der Waals surface area (Å²) in [5, 5.41) is 13.2. The maximum absolute atomic E-state index is 12.6. The van der Waals surface area contributed by atoms with Crippen molar-refractivity contribution >= 4 is 50.9 Å². The molecule has 0 fully saturated rings. The maximum Gasteiger partial charge on any atom is 0.316 e. The fourth-order valence-electron chi connectivity index (χ4n) is 2.65. The second-order valence-electron chi connectivity index (χ2n) is 6.15. The fraction of sp³-hybridized carbons (Fsp3) is 0.300. The largest absolute Gasteiger partial charge is 0.497 e. The van der Waals surface area contributed by atoms with Crippen LogP contribution in [0.1, 0.15) is 25.3 Å². The van der Waals surface area contributed by atoms with Gasteiger partial charge in [0, 0.05) is 0 Å². The molecule has 1 atom stereocenters. The van der Waals surface area contributed by atoms with Crippen LogP contribution >= 0.6 is 23.1 Å². The topological polar surface area (TPSA) is 90.4 Å². The SMILES string of the molecule is CCOC(=O)CSc1nnc(NC(=O)[C@@H](C)c2ccc3cc(OC)ccc3c2)s1. The lowest BCUT2D eigenvalue weighted by molar-refractivity contribution is -0.139. The Balaban J connectivity index is 1.63. The molecule has 0 aliphatic rings. The number of nitrogens with zero attached hydrogens (tertiary/aromatic N) is 2. The third-order valence-electron chi connectivity index (χ3n) is 4.22. The molecule has 1 aromatic heterocycles. The van der Waals surface area contributed by atoms with Gasteiger partial charge in [-0.25, -0.2) is 0 Å². The number of methoxy groups -OCH3 is 1. The van der Waals surface area contributed by atoms with E-state index in [0.717, 1.165) is 22.1 Å². The molecular weight excluding hydrogens is 410 g/mol. The molecule has 2 aromatic carbocycles. The van der Waals surface area contributed by atoms with Gasteiger partial charge in [-0.05, 0) is 42.3 Å². The molecule has 3 aromatic rings. The van der Waals surface area contributed by atoms with E-state index < -0.39 is 0 Å². The first-order chi connectivity index (χ1) is 14.0. The first-order valence-electron chi connectivity index (χ1n) is 9.00. The molecule has 1 N–H and O–H groups in total. The number of carbonyl (C=O) groups is 2. The van der Waals surface area contributed by atoms with Gasteiger partial charge in [-0.3, -0.25) is 14.9 Å². The van der Waals surface area contributed by atoms with Crippen molar-refractivity contribution in [3.05, 3.63) is 42.0 Å². The Kier molecular flexibility index (Phi) is 7.05. The zero-order valence-electron chi connectivity index (χ0n) is 16.3. The number of fused-ring (bicyclic) bond motifs is 1. The summed E-state index contributed by atoms with van der Waals surface area (Å²) in [5.41, 5.74) is 0.904. The molecule has 0 spiro atoms. The van der Waals surface area contributed by atoms with Crippen molar-refractivity contribution < 1.29 is 19.1 Å². The third-order valence-corrected chi connectivity index (χ3v) is 6.17. The van der Waals surface area contributed by atoms with Crippen molar-refractivity contribution in [3.63, 3.8) is 0 Å². The highest BCUT2D eigenvalue weighted by molar-refractivity contribution is 8.01. The molecule has 3 rings (SSSR count). The van der Waals surface area contributed by atoms with E-state index in [1.165, 1.54) is 23.1 Å². The summed E-state index contributed by atoms with van der Waals surface area (Å²) in [6.45, 7) is 3.95. The molecule has 9 heteroatoms. The lowest BCUT2D eigenvalue weighted by Crippen LogP contribution is -2.18. The molecule has 29 heavy (non-hydrogen) atoms. The Morgan fingerprint density at radius 3 is 2.69 bits per heavy atom. The molecule has 0 saturated carbocycles. The van der Waals surface area contributed by atoms with Crippen molar-refractivity contribution in [2.45, 2.75) is 24.1 Å². The molecule has 0 bridgehead atoms. The number of esters is 1. The molecule has 0 aliphatic heterocycles. The number of amides is 1. The summed E-state index contributed by atoms with van der Waals surface area (Å²) in [4.78, 5) is 24.0. The van der Waals surface area contributed by atoms with Crippen molar-refractivity contribution in [2.24, 2.45) is 0 Å². The summed E-state index contributed by atoms with van der Waals surface area (Å²) >= 11 is 2.46. The van der Waals surface area contributed by atoms with Crippen LogP contribution in [0.5, 0.6) is 5.75 Å². The van der Waals surface area contributed by atoms with Crippen LogP contribution in [-0.4, -0.2) is 41.5 Å². The summed E-state index contributed by atoms with van der Waals surface area (Å²) in [6.07, 6.45) is 0. The van der Waals surface area contributed by atoms with Crippen LogP contribution in [0, 0.1) is 0 Å². The Labute approximate surface area is 176 Å². The number of carbonyl (C=O) groups excluding carboxylic acids is 2. The van der Waals surface area contributed by atoms with E-state index in [1.54, 1.807) is 14.0 Å². The quantitative estimate of drug-likeness (QED) is 0.326. The van der Waals surface area contributed by atoms with E-state index in [1.807, 2.05) is 43.3 Å². The van der Waals surface area contributed by atoms with Gasteiger partial charge in [0.15, 0.2) is 4.34 Å². The number of benzene rings is 2. The minimum absolute atomic E-state index is 0.161. The number of ether oxygens (including phenoxy) is 2. The average molecular weight is 432 g/mol. The Hall–Kier alpha value is -2.65. The predicted molar refractivity (Wildman–Crippen MR) is 115 cm³/mol. The maximum atomic E-state index is 12.6. The van der Waals surface area contributed by atoms with Crippen LogP contribution in [0.15, 0.2) is 40.7 Å². The highest BCUT2D eigenvalue weighted by atomic mass is 32.2. The van der Waals surface area contributed by atoms with Crippen LogP contribution in [-0.2, 0) is 14.3 Å². The molecule has 0 radical (unpaired) electrons. The van der Waals surface area contributed by atoms with Gasteiger partial charge in [0.2, 0.25) is 11.0 Å². The van der Waals surface area contributed by atoms with E-state index in [9.17, 15) is 9.59 Å². The van der Waals surface area contributed by atoms with Gasteiger partial charge in [0.25, 0.3) is 0 Å². The van der Waals surface area contributed by atoms with Crippen LogP contribution in [0.3, 0.4) is 0 Å². The standard InChI is InChI=1S/C20H21N3O4S2/c1-4-27-17(24)11-28-20-23-22-19(29-20)21-18(25)12(2)13-5-6-15-10-16(26-3)8-7-14(15)9-13/h5-10,12H,4,11H2,1-3H3,(H,21,22,25)/t12-/m0/s1. The van der Waals surface area contributed by atoms with Gasteiger partial charge < -0.3 is 9.47 Å². The predicted octanol–water partition coefficient (Wildman–Crippen LogP) is 4.10. The molecule has 0 saturated heterocycles. The van der Waals surface area contributed by atoms with Gasteiger partial charge in [0.1, 0.15) is 5.75 Å². The lowest BCUT2D eigenvalue weighted by atomic mass is 9.97. The highest BCUT2D eigenvalue weighted by Gasteiger charge is 2.18. The third kappa shape index (κ3) is 5.45. The Morgan fingerprint density at radius 1 is 1.17 bits per heavy atom. The van der Waals surface area contributed by atoms with Crippen LogP contribution in [0.2, 0.25) is 0 Å². The number of anilines is 1. The van der Waals surface area contributed by atoms with Gasteiger partial charge in [-0.15, -0.1) is 10.2 Å². The Bertz CT molecular complexity index is 1020. The molecule has 1 amide bonds. The van der Waals surface area contributed by atoms with Gasteiger partial charge in [0.05, 0.1) is 25.4 Å². The van der Waals surface area contributed by atoms with Crippen LogP contribution < -0.4 is 10.1 Å². The molecule has 1 heterocycles. The minimum atomic E-state index is -0.360. The van der Waals surface area contributed by atoms with E-state index >= 15 is 0 Å². The zero-order valence-corrected chi connectivity index (χ0v) is 17.9. The van der Waals surface area contributed by atoms with E-state index in [4.69, 9.17) is 9.47 Å². The molecular formula is C20H21N3O4S2. The summed E-state index contributed by atoms with van der Waals surface area (Å²) in [7, 11) is 1.64. The first-order valence-corrected chi connectivity index (χ1v) is 10.8. The van der Waals surface area contributed by atoms with Crippen molar-refractivity contribution in [3.8, 4) is 5.75 Å². The second kappa shape index (κ2) is 9.71. The van der Waals surface area contributed by atoms with Crippen molar-refractivity contribution in [2.75, 3.05) is 24.8 Å². The van der Waals surface area contributed by atoms with Gasteiger partial charge in [-0.2, -0.15) is 0 Å². The van der Waals surface area contributed by atoms with E-state index in [0.29, 0.717) is 16.1 Å². The Morgan fingerprint density at radius 2 is 1.93 bits per heavy atom. The summed E-state index contributed by atoms with van der Waals surface area (Å²) < 4.78 is 10.7. The molecule has 0 unspecified atom stereocenters.